The quantitative estimate of drug-likeness (QED) is 0.397. The van der Waals surface area contributed by atoms with Gasteiger partial charge in [-0.15, -0.1) is 0 Å². The molecule has 0 aromatic heterocycles. The summed E-state index contributed by atoms with van der Waals surface area (Å²) in [7, 11) is 0. The highest BCUT2D eigenvalue weighted by Crippen LogP contribution is 2.19. The molecule has 0 aliphatic heterocycles. The van der Waals surface area contributed by atoms with Crippen LogP contribution >= 0.6 is 0 Å². The van der Waals surface area contributed by atoms with Crippen molar-refractivity contribution in [3.63, 3.8) is 0 Å². The van der Waals surface area contributed by atoms with E-state index in [4.69, 9.17) is 4.74 Å². The van der Waals surface area contributed by atoms with E-state index in [9.17, 15) is 9.59 Å². The normalized spacial score (nSPS) is 10.2. The lowest BCUT2D eigenvalue weighted by molar-refractivity contribution is 0.101. The molecule has 0 radical (unpaired) electrons. The predicted octanol–water partition coefficient (Wildman–Crippen LogP) is 5.77. The summed E-state index contributed by atoms with van der Waals surface area (Å²) in [6, 6.07) is 32.9. The Morgan fingerprint density at radius 2 is 1.16 bits per heavy atom. The molecule has 2 amide bonds. The molecule has 0 heterocycles. The summed E-state index contributed by atoms with van der Waals surface area (Å²) in [6.45, 7) is 0.426. The molecule has 0 atom stereocenters. The third-order valence-corrected chi connectivity index (χ3v) is 4.76. The highest BCUT2D eigenvalue weighted by Gasteiger charge is 2.10. The highest BCUT2D eigenvalue weighted by atomic mass is 16.5. The largest absolute Gasteiger partial charge is 0.489 e. The Kier molecular flexibility index (Phi) is 6.58. The number of amides is 2. The van der Waals surface area contributed by atoms with Gasteiger partial charge in [0.05, 0.1) is 0 Å². The Morgan fingerprint density at radius 1 is 0.594 bits per heavy atom. The van der Waals surface area contributed by atoms with E-state index in [-0.39, 0.29) is 11.8 Å². The Bertz CT molecular complexity index is 1210. The Hall–Kier alpha value is -4.38. The molecule has 5 heteroatoms. The molecule has 5 nitrogen and oxygen atoms in total. The molecule has 0 bridgehead atoms. The van der Waals surface area contributed by atoms with Gasteiger partial charge in [0.1, 0.15) is 12.4 Å². The summed E-state index contributed by atoms with van der Waals surface area (Å²) in [5.74, 6) is 0.143. The fourth-order valence-corrected chi connectivity index (χ4v) is 3.14. The minimum atomic E-state index is -0.262. The van der Waals surface area contributed by atoms with Gasteiger partial charge in [0.25, 0.3) is 11.8 Å². The molecular formula is C27H22N2O3. The maximum absolute atomic E-state index is 12.7. The summed E-state index contributed by atoms with van der Waals surface area (Å²) >= 11 is 0. The smallest absolute Gasteiger partial charge is 0.255 e. The van der Waals surface area contributed by atoms with Gasteiger partial charge >= 0.3 is 0 Å². The lowest BCUT2D eigenvalue weighted by Gasteiger charge is -2.10. The number of carbonyl (C=O) groups excluding carboxylic acids is 2. The summed E-state index contributed by atoms with van der Waals surface area (Å²) in [5.41, 5.74) is 3.27. The molecule has 0 unspecified atom stereocenters. The summed E-state index contributed by atoms with van der Waals surface area (Å²) in [4.78, 5) is 25.1. The van der Waals surface area contributed by atoms with Gasteiger partial charge in [-0.1, -0.05) is 60.7 Å². The molecule has 0 saturated carbocycles. The second-order valence-corrected chi connectivity index (χ2v) is 7.16. The first-order valence-corrected chi connectivity index (χ1v) is 10.2. The van der Waals surface area contributed by atoms with Crippen LogP contribution in [0.3, 0.4) is 0 Å². The molecule has 0 aliphatic carbocycles. The van der Waals surface area contributed by atoms with Crippen LogP contribution in [0.4, 0.5) is 11.4 Å². The van der Waals surface area contributed by atoms with Crippen molar-refractivity contribution in [3.05, 3.63) is 126 Å². The standard InChI is InChI=1S/C27H22N2O3/c30-26(21-11-5-2-6-12-21)28-23-14-8-15-24(18-23)29-27(31)22-13-7-16-25(17-22)32-19-20-9-3-1-4-10-20/h1-18H,19H2,(H,28,30)(H,29,31). The Labute approximate surface area is 186 Å². The molecule has 0 aliphatic rings. The van der Waals surface area contributed by atoms with Gasteiger partial charge in [0.2, 0.25) is 0 Å². The van der Waals surface area contributed by atoms with Crippen molar-refractivity contribution in [1.82, 2.24) is 0 Å². The minimum absolute atomic E-state index is 0.211. The van der Waals surface area contributed by atoms with Crippen molar-refractivity contribution < 1.29 is 14.3 Å². The molecule has 2 N–H and O–H groups in total. The van der Waals surface area contributed by atoms with E-state index >= 15 is 0 Å². The van der Waals surface area contributed by atoms with Crippen LogP contribution in [-0.2, 0) is 6.61 Å². The van der Waals surface area contributed by atoms with Crippen LogP contribution in [0.15, 0.2) is 109 Å². The first kappa shape index (κ1) is 20.9. The fourth-order valence-electron chi connectivity index (χ4n) is 3.14. The zero-order valence-corrected chi connectivity index (χ0v) is 17.3. The second-order valence-electron chi connectivity index (χ2n) is 7.16. The average Bonchev–Trinajstić information content (AvgIpc) is 2.84. The number of nitrogens with one attached hydrogen (secondary N) is 2. The molecule has 0 fully saturated rings. The third-order valence-electron chi connectivity index (χ3n) is 4.76. The lowest BCUT2D eigenvalue weighted by Crippen LogP contribution is -2.14. The SMILES string of the molecule is O=C(Nc1cccc(NC(=O)c2cccc(OCc3ccccc3)c2)c1)c1ccccc1. The van der Waals surface area contributed by atoms with Crippen molar-refractivity contribution in [2.24, 2.45) is 0 Å². The van der Waals surface area contributed by atoms with Crippen molar-refractivity contribution in [2.75, 3.05) is 10.6 Å². The second kappa shape index (κ2) is 10.1. The van der Waals surface area contributed by atoms with Crippen LogP contribution in [0.2, 0.25) is 0 Å². The first-order chi connectivity index (χ1) is 15.7. The van der Waals surface area contributed by atoms with Gasteiger partial charge < -0.3 is 15.4 Å². The topological polar surface area (TPSA) is 67.4 Å². The molecule has 158 valence electrons. The van der Waals surface area contributed by atoms with Crippen molar-refractivity contribution in [1.29, 1.82) is 0 Å². The van der Waals surface area contributed by atoms with Gasteiger partial charge in [-0.2, -0.15) is 0 Å². The molecule has 0 saturated heterocycles. The molecule has 32 heavy (non-hydrogen) atoms. The van der Waals surface area contributed by atoms with Gasteiger partial charge in [-0.25, -0.2) is 0 Å². The monoisotopic (exact) mass is 422 g/mol. The van der Waals surface area contributed by atoms with Gasteiger partial charge in [0, 0.05) is 22.5 Å². The minimum Gasteiger partial charge on any atom is -0.489 e. The van der Waals surface area contributed by atoms with E-state index in [1.54, 1.807) is 54.6 Å². The average molecular weight is 422 g/mol. The van der Waals surface area contributed by atoms with Crippen LogP contribution in [0.25, 0.3) is 0 Å². The number of carbonyl (C=O) groups is 2. The van der Waals surface area contributed by atoms with Crippen LogP contribution in [0.5, 0.6) is 5.75 Å². The zero-order valence-electron chi connectivity index (χ0n) is 17.3. The predicted molar refractivity (Wildman–Crippen MR) is 126 cm³/mol. The van der Waals surface area contributed by atoms with E-state index in [0.717, 1.165) is 5.56 Å². The Balaban J connectivity index is 1.39. The van der Waals surface area contributed by atoms with Crippen LogP contribution in [0, 0.1) is 0 Å². The lowest BCUT2D eigenvalue weighted by atomic mass is 10.2. The van der Waals surface area contributed by atoms with Crippen LogP contribution in [0.1, 0.15) is 26.3 Å². The summed E-state index contributed by atoms with van der Waals surface area (Å²) in [6.07, 6.45) is 0. The van der Waals surface area contributed by atoms with Gasteiger partial charge in [-0.3, -0.25) is 9.59 Å². The van der Waals surface area contributed by atoms with Crippen molar-refractivity contribution in [3.8, 4) is 5.75 Å². The number of hydrogen-bond donors (Lipinski definition) is 2. The van der Waals surface area contributed by atoms with Crippen LogP contribution in [-0.4, -0.2) is 11.8 Å². The molecule has 4 aromatic carbocycles. The van der Waals surface area contributed by atoms with E-state index in [1.165, 1.54) is 0 Å². The first-order valence-electron chi connectivity index (χ1n) is 10.2. The molecule has 4 rings (SSSR count). The van der Waals surface area contributed by atoms with Gasteiger partial charge in [-0.05, 0) is 54.1 Å². The summed E-state index contributed by atoms with van der Waals surface area (Å²) in [5, 5.41) is 5.71. The van der Waals surface area contributed by atoms with E-state index < -0.39 is 0 Å². The van der Waals surface area contributed by atoms with Gasteiger partial charge in [0.15, 0.2) is 0 Å². The molecular weight excluding hydrogens is 400 g/mol. The van der Waals surface area contributed by atoms with Crippen LogP contribution < -0.4 is 15.4 Å². The maximum Gasteiger partial charge on any atom is 0.255 e. The number of rotatable bonds is 7. The van der Waals surface area contributed by atoms with Crippen molar-refractivity contribution in [2.45, 2.75) is 6.61 Å². The number of ether oxygens (including phenoxy) is 1. The Morgan fingerprint density at radius 3 is 1.84 bits per heavy atom. The zero-order chi connectivity index (χ0) is 22.2. The van der Waals surface area contributed by atoms with Crippen molar-refractivity contribution >= 4 is 23.2 Å². The summed E-state index contributed by atoms with van der Waals surface area (Å²) < 4.78 is 5.81. The van der Waals surface area contributed by atoms with E-state index in [1.807, 2.05) is 54.6 Å². The number of benzene rings is 4. The van der Waals surface area contributed by atoms with E-state index in [0.29, 0.717) is 34.9 Å². The number of anilines is 2. The number of hydrogen-bond acceptors (Lipinski definition) is 3. The third kappa shape index (κ3) is 5.61. The van der Waals surface area contributed by atoms with E-state index in [2.05, 4.69) is 10.6 Å². The molecule has 0 spiro atoms. The highest BCUT2D eigenvalue weighted by molar-refractivity contribution is 6.06. The molecule has 4 aromatic rings. The fraction of sp³-hybridized carbons (Fsp3) is 0.0370. The maximum atomic E-state index is 12.7.